The Bertz CT molecular complexity index is 160. The highest BCUT2D eigenvalue weighted by atomic mass is 16.4. The molecule has 0 aliphatic carbocycles. The van der Waals surface area contributed by atoms with Crippen LogP contribution < -0.4 is 5.73 Å². The van der Waals surface area contributed by atoms with Crippen molar-refractivity contribution in [2.24, 2.45) is 5.73 Å². The lowest BCUT2D eigenvalue weighted by atomic mass is 10.1. The zero-order valence-corrected chi connectivity index (χ0v) is 6.00. The van der Waals surface area contributed by atoms with Crippen LogP contribution in [0.5, 0.6) is 0 Å². The fourth-order valence-corrected chi connectivity index (χ4v) is 1.25. The molecule has 0 radical (unpaired) electrons. The molecule has 1 rings (SSSR count). The molecule has 1 saturated heterocycles. The van der Waals surface area contributed by atoms with Gasteiger partial charge in [-0.1, -0.05) is 0 Å². The molecule has 1 aliphatic heterocycles. The lowest BCUT2D eigenvalue weighted by Crippen LogP contribution is -2.56. The van der Waals surface area contributed by atoms with Gasteiger partial charge in [-0.15, -0.1) is 0 Å². The van der Waals surface area contributed by atoms with Crippen LogP contribution in [0.15, 0.2) is 0 Å². The standard InChI is InChI=1S/C6H12N2O2/c1-8-4-2-3-6(8,7)5(9)10/h2-4,7H2,1H3,(H,9,10). The number of hydrogen-bond donors (Lipinski definition) is 2. The van der Waals surface area contributed by atoms with Crippen LogP contribution in [0.25, 0.3) is 0 Å². The van der Waals surface area contributed by atoms with E-state index in [0.29, 0.717) is 6.42 Å². The normalized spacial score (nSPS) is 34.6. The first-order valence-corrected chi connectivity index (χ1v) is 3.31. The third kappa shape index (κ3) is 0.892. The van der Waals surface area contributed by atoms with E-state index in [4.69, 9.17) is 10.8 Å². The third-order valence-electron chi connectivity index (χ3n) is 2.10. The molecule has 0 aromatic carbocycles. The van der Waals surface area contributed by atoms with Gasteiger partial charge in [-0.2, -0.15) is 0 Å². The number of rotatable bonds is 1. The van der Waals surface area contributed by atoms with Gasteiger partial charge in [0, 0.05) is 6.54 Å². The van der Waals surface area contributed by atoms with Crippen molar-refractivity contribution < 1.29 is 9.90 Å². The Morgan fingerprint density at radius 3 is 2.60 bits per heavy atom. The maximum Gasteiger partial charge on any atom is 0.338 e. The molecule has 4 heteroatoms. The number of likely N-dealkylation sites (tertiary alicyclic amines) is 1. The second-order valence-corrected chi connectivity index (χ2v) is 2.75. The molecule has 3 N–H and O–H groups in total. The number of aliphatic carboxylic acids is 1. The number of nitrogens with two attached hydrogens (primary N) is 1. The molecule has 10 heavy (non-hydrogen) atoms. The minimum atomic E-state index is -1.10. The van der Waals surface area contributed by atoms with E-state index in [2.05, 4.69) is 0 Å². The van der Waals surface area contributed by atoms with Crippen LogP contribution in [0, 0.1) is 0 Å². The summed E-state index contributed by atoms with van der Waals surface area (Å²) in [6.07, 6.45) is 1.43. The SMILES string of the molecule is CN1CCCC1(N)C(=O)O. The number of likely N-dealkylation sites (N-methyl/N-ethyl adjacent to an activating group) is 1. The number of hydrogen-bond acceptors (Lipinski definition) is 3. The van der Waals surface area contributed by atoms with E-state index in [0.717, 1.165) is 13.0 Å². The molecule has 0 aromatic heterocycles. The van der Waals surface area contributed by atoms with Crippen molar-refractivity contribution in [2.75, 3.05) is 13.6 Å². The molecule has 0 spiro atoms. The summed E-state index contributed by atoms with van der Waals surface area (Å²) in [6, 6.07) is 0. The highest BCUT2D eigenvalue weighted by Gasteiger charge is 2.41. The summed E-state index contributed by atoms with van der Waals surface area (Å²) in [5.41, 5.74) is 4.47. The number of carbonyl (C=O) groups is 1. The van der Waals surface area contributed by atoms with Gasteiger partial charge in [-0.05, 0) is 19.9 Å². The second kappa shape index (κ2) is 2.21. The smallest absolute Gasteiger partial charge is 0.338 e. The molecular weight excluding hydrogens is 132 g/mol. The molecular formula is C6H12N2O2. The van der Waals surface area contributed by atoms with Crippen LogP contribution in [-0.2, 0) is 4.79 Å². The van der Waals surface area contributed by atoms with Crippen molar-refractivity contribution >= 4 is 5.97 Å². The van der Waals surface area contributed by atoms with E-state index in [-0.39, 0.29) is 0 Å². The lowest BCUT2D eigenvalue weighted by molar-refractivity contribution is -0.148. The van der Waals surface area contributed by atoms with Crippen LogP contribution in [0.1, 0.15) is 12.8 Å². The number of nitrogens with zero attached hydrogens (tertiary/aromatic N) is 1. The summed E-state index contributed by atoms with van der Waals surface area (Å²) >= 11 is 0. The Hall–Kier alpha value is -0.610. The molecule has 1 fully saturated rings. The molecule has 1 aliphatic rings. The van der Waals surface area contributed by atoms with Gasteiger partial charge in [0.2, 0.25) is 0 Å². The monoisotopic (exact) mass is 144 g/mol. The molecule has 1 atom stereocenters. The molecule has 0 saturated carbocycles. The average Bonchev–Trinajstić information content (AvgIpc) is 2.15. The van der Waals surface area contributed by atoms with E-state index >= 15 is 0 Å². The third-order valence-corrected chi connectivity index (χ3v) is 2.10. The van der Waals surface area contributed by atoms with Gasteiger partial charge in [0.15, 0.2) is 5.66 Å². The summed E-state index contributed by atoms with van der Waals surface area (Å²) in [4.78, 5) is 12.2. The summed E-state index contributed by atoms with van der Waals surface area (Å²) in [7, 11) is 1.74. The fourth-order valence-electron chi connectivity index (χ4n) is 1.25. The first-order valence-electron chi connectivity index (χ1n) is 3.31. The molecule has 1 heterocycles. The highest BCUT2D eigenvalue weighted by molar-refractivity contribution is 5.78. The number of carboxylic acids is 1. The topological polar surface area (TPSA) is 66.6 Å². The molecule has 4 nitrogen and oxygen atoms in total. The van der Waals surface area contributed by atoms with Crippen molar-refractivity contribution in [2.45, 2.75) is 18.5 Å². The van der Waals surface area contributed by atoms with Crippen molar-refractivity contribution in [1.29, 1.82) is 0 Å². The van der Waals surface area contributed by atoms with Gasteiger partial charge in [-0.3, -0.25) is 4.90 Å². The van der Waals surface area contributed by atoms with Crippen LogP contribution >= 0.6 is 0 Å². The summed E-state index contributed by atoms with van der Waals surface area (Å²) in [5.74, 6) is -0.924. The first kappa shape index (κ1) is 7.50. The van der Waals surface area contributed by atoms with Gasteiger partial charge in [0.05, 0.1) is 0 Å². The quantitative estimate of drug-likeness (QED) is 0.518. The minimum absolute atomic E-state index is 0.554. The van der Waals surface area contributed by atoms with Gasteiger partial charge in [-0.25, -0.2) is 4.79 Å². The molecule has 0 bridgehead atoms. The lowest BCUT2D eigenvalue weighted by Gasteiger charge is -2.26. The maximum absolute atomic E-state index is 10.6. The minimum Gasteiger partial charge on any atom is -0.479 e. The second-order valence-electron chi connectivity index (χ2n) is 2.75. The van der Waals surface area contributed by atoms with Crippen molar-refractivity contribution in [3.05, 3.63) is 0 Å². The number of carboxylic acid groups (broad SMARTS) is 1. The summed E-state index contributed by atoms with van der Waals surface area (Å²) in [5, 5.41) is 8.68. The van der Waals surface area contributed by atoms with Crippen LogP contribution in [-0.4, -0.2) is 35.2 Å². The average molecular weight is 144 g/mol. The van der Waals surface area contributed by atoms with Crippen LogP contribution in [0.4, 0.5) is 0 Å². The van der Waals surface area contributed by atoms with Gasteiger partial charge < -0.3 is 10.8 Å². The molecule has 1 unspecified atom stereocenters. The van der Waals surface area contributed by atoms with Crippen molar-refractivity contribution in [1.82, 2.24) is 4.90 Å². The van der Waals surface area contributed by atoms with Gasteiger partial charge >= 0.3 is 5.97 Å². The summed E-state index contributed by atoms with van der Waals surface area (Å²) < 4.78 is 0. The van der Waals surface area contributed by atoms with E-state index in [1.54, 1.807) is 11.9 Å². The fraction of sp³-hybridized carbons (Fsp3) is 0.833. The van der Waals surface area contributed by atoms with Gasteiger partial charge in [0.25, 0.3) is 0 Å². The van der Waals surface area contributed by atoms with E-state index in [1.165, 1.54) is 0 Å². The summed E-state index contributed by atoms with van der Waals surface area (Å²) in [6.45, 7) is 0.781. The molecule has 0 aromatic rings. The predicted molar refractivity (Wildman–Crippen MR) is 36.4 cm³/mol. The predicted octanol–water partition coefficient (Wildman–Crippen LogP) is -0.548. The zero-order chi connectivity index (χ0) is 7.78. The van der Waals surface area contributed by atoms with E-state index in [9.17, 15) is 4.79 Å². The first-order chi connectivity index (χ1) is 4.57. The van der Waals surface area contributed by atoms with Crippen molar-refractivity contribution in [3.63, 3.8) is 0 Å². The molecule has 58 valence electrons. The molecule has 0 amide bonds. The van der Waals surface area contributed by atoms with E-state index < -0.39 is 11.6 Å². The largest absolute Gasteiger partial charge is 0.479 e. The Kier molecular flexibility index (Phi) is 1.66. The maximum atomic E-state index is 10.6. The Morgan fingerprint density at radius 1 is 1.80 bits per heavy atom. The van der Waals surface area contributed by atoms with Gasteiger partial charge in [0.1, 0.15) is 0 Å². The van der Waals surface area contributed by atoms with Crippen LogP contribution in [0.3, 0.4) is 0 Å². The van der Waals surface area contributed by atoms with E-state index in [1.807, 2.05) is 0 Å². The Morgan fingerprint density at radius 2 is 2.40 bits per heavy atom. The van der Waals surface area contributed by atoms with Crippen LogP contribution in [0.2, 0.25) is 0 Å². The Balaban J connectivity index is 2.75. The zero-order valence-electron chi connectivity index (χ0n) is 6.00. The van der Waals surface area contributed by atoms with Crippen molar-refractivity contribution in [3.8, 4) is 0 Å². The highest BCUT2D eigenvalue weighted by Crippen LogP contribution is 2.21. The Labute approximate surface area is 59.6 Å².